The molecular weight excluding hydrogens is 422 g/mol. The molecule has 4 rings (SSSR count). The molecule has 0 bridgehead atoms. The van der Waals surface area contributed by atoms with Crippen LogP contribution in [0.1, 0.15) is 32.2 Å². The molecule has 0 saturated carbocycles. The van der Waals surface area contributed by atoms with Crippen LogP contribution in [0.2, 0.25) is 0 Å². The second-order valence-electron chi connectivity index (χ2n) is 7.47. The molecular formula is C21H25N3O4S2. The highest BCUT2D eigenvalue weighted by molar-refractivity contribution is 7.12. The van der Waals surface area contributed by atoms with Crippen molar-refractivity contribution in [2.75, 3.05) is 39.4 Å². The van der Waals surface area contributed by atoms with Gasteiger partial charge in [0.05, 0.1) is 23.0 Å². The van der Waals surface area contributed by atoms with Gasteiger partial charge in [0.25, 0.3) is 11.8 Å². The molecule has 160 valence electrons. The van der Waals surface area contributed by atoms with E-state index in [0.29, 0.717) is 57.1 Å². The molecule has 1 atom stereocenters. The average Bonchev–Trinajstić information content (AvgIpc) is 3.52. The van der Waals surface area contributed by atoms with Crippen LogP contribution in [0.15, 0.2) is 35.0 Å². The fraction of sp³-hybridized carbons (Fsp3) is 0.476. The van der Waals surface area contributed by atoms with Crippen molar-refractivity contribution in [2.24, 2.45) is 5.92 Å². The van der Waals surface area contributed by atoms with Gasteiger partial charge in [-0.2, -0.15) is 0 Å². The minimum Gasteiger partial charge on any atom is -0.378 e. The lowest BCUT2D eigenvalue weighted by Crippen LogP contribution is -2.56. The molecule has 0 spiro atoms. The van der Waals surface area contributed by atoms with Crippen molar-refractivity contribution >= 4 is 40.4 Å². The summed E-state index contributed by atoms with van der Waals surface area (Å²) < 4.78 is 5.37. The highest BCUT2D eigenvalue weighted by Crippen LogP contribution is 2.25. The van der Waals surface area contributed by atoms with Crippen molar-refractivity contribution in [1.82, 2.24) is 15.1 Å². The number of hydrogen-bond donors (Lipinski definition) is 1. The Balaban J connectivity index is 1.44. The Kier molecular flexibility index (Phi) is 6.81. The summed E-state index contributed by atoms with van der Waals surface area (Å²) in [4.78, 5) is 43.6. The summed E-state index contributed by atoms with van der Waals surface area (Å²) in [5.74, 6) is -0.223. The molecule has 3 amide bonds. The number of morpholine rings is 1. The molecule has 2 fully saturated rings. The van der Waals surface area contributed by atoms with Crippen LogP contribution >= 0.6 is 22.7 Å². The molecule has 2 saturated heterocycles. The van der Waals surface area contributed by atoms with Crippen LogP contribution in [0.5, 0.6) is 0 Å². The van der Waals surface area contributed by atoms with E-state index in [9.17, 15) is 14.4 Å². The van der Waals surface area contributed by atoms with E-state index < -0.39 is 6.04 Å². The third-order valence-electron chi connectivity index (χ3n) is 5.65. The molecule has 2 aliphatic heterocycles. The Bertz CT molecular complexity index is 855. The minimum absolute atomic E-state index is 0.00311. The highest BCUT2D eigenvalue weighted by Gasteiger charge is 2.37. The average molecular weight is 448 g/mol. The zero-order valence-corrected chi connectivity index (χ0v) is 18.3. The lowest BCUT2D eigenvalue weighted by molar-refractivity contribution is -0.139. The zero-order valence-electron chi connectivity index (χ0n) is 16.6. The third-order valence-corrected chi connectivity index (χ3v) is 7.38. The van der Waals surface area contributed by atoms with Crippen molar-refractivity contribution in [3.05, 3.63) is 44.8 Å². The van der Waals surface area contributed by atoms with Crippen LogP contribution in [0.3, 0.4) is 0 Å². The molecule has 2 aromatic heterocycles. The van der Waals surface area contributed by atoms with Gasteiger partial charge in [-0.05, 0) is 41.7 Å². The second kappa shape index (κ2) is 9.72. The number of likely N-dealkylation sites (tertiary alicyclic amines) is 1. The molecule has 7 nitrogen and oxygen atoms in total. The maximum Gasteiger partial charge on any atom is 0.263 e. The Morgan fingerprint density at radius 1 is 0.933 bits per heavy atom. The van der Waals surface area contributed by atoms with E-state index in [2.05, 4.69) is 5.32 Å². The van der Waals surface area contributed by atoms with Crippen LogP contribution in [0.25, 0.3) is 0 Å². The first kappa shape index (κ1) is 21.0. The van der Waals surface area contributed by atoms with E-state index in [0.717, 1.165) is 4.88 Å². The number of carbonyl (C=O) groups is 3. The van der Waals surface area contributed by atoms with Gasteiger partial charge in [-0.25, -0.2) is 0 Å². The SMILES string of the molecule is O=C(NC(C(=O)N1CCOCC1)C1CCN(C(=O)c2cccs2)CC1)c1cccs1. The van der Waals surface area contributed by atoms with E-state index in [4.69, 9.17) is 4.74 Å². The van der Waals surface area contributed by atoms with Crippen molar-refractivity contribution in [3.8, 4) is 0 Å². The standard InChI is InChI=1S/C21H25N3O4S2/c25-19(16-3-1-13-29-16)22-18(21(27)24-9-11-28-12-10-24)15-5-7-23(8-6-15)20(26)17-4-2-14-30-17/h1-4,13-15,18H,5-12H2,(H,22,25). The first-order chi connectivity index (χ1) is 14.6. The normalized spacial score (nSPS) is 18.8. The minimum atomic E-state index is -0.586. The van der Waals surface area contributed by atoms with E-state index in [1.807, 2.05) is 33.9 Å². The van der Waals surface area contributed by atoms with Gasteiger partial charge >= 0.3 is 0 Å². The molecule has 4 heterocycles. The van der Waals surface area contributed by atoms with E-state index in [1.54, 1.807) is 11.0 Å². The van der Waals surface area contributed by atoms with Gasteiger partial charge in [0, 0.05) is 26.2 Å². The molecule has 0 radical (unpaired) electrons. The van der Waals surface area contributed by atoms with Crippen LogP contribution in [0, 0.1) is 5.92 Å². The third kappa shape index (κ3) is 4.74. The van der Waals surface area contributed by atoms with E-state index >= 15 is 0 Å². The van der Waals surface area contributed by atoms with E-state index in [-0.39, 0.29) is 23.6 Å². The first-order valence-electron chi connectivity index (χ1n) is 10.2. The van der Waals surface area contributed by atoms with Gasteiger partial charge in [-0.3, -0.25) is 14.4 Å². The number of rotatable bonds is 5. The quantitative estimate of drug-likeness (QED) is 0.763. The molecule has 2 aromatic rings. The van der Waals surface area contributed by atoms with Gasteiger partial charge in [-0.1, -0.05) is 12.1 Å². The summed E-state index contributed by atoms with van der Waals surface area (Å²) in [6, 6.07) is 6.72. The van der Waals surface area contributed by atoms with Crippen molar-refractivity contribution in [2.45, 2.75) is 18.9 Å². The summed E-state index contributed by atoms with van der Waals surface area (Å²) >= 11 is 2.80. The molecule has 0 aliphatic carbocycles. The Labute approximate surface area is 183 Å². The summed E-state index contributed by atoms with van der Waals surface area (Å²) in [5.41, 5.74) is 0. The lowest BCUT2D eigenvalue weighted by atomic mass is 9.88. The fourth-order valence-electron chi connectivity index (χ4n) is 3.97. The van der Waals surface area contributed by atoms with Crippen LogP contribution < -0.4 is 5.32 Å². The maximum absolute atomic E-state index is 13.3. The van der Waals surface area contributed by atoms with Crippen LogP contribution in [-0.4, -0.2) is 73.0 Å². The number of amides is 3. The lowest BCUT2D eigenvalue weighted by Gasteiger charge is -2.38. The number of thiophene rings is 2. The Hall–Kier alpha value is -2.23. The van der Waals surface area contributed by atoms with Gasteiger partial charge in [0.2, 0.25) is 5.91 Å². The predicted molar refractivity (Wildman–Crippen MR) is 116 cm³/mol. The topological polar surface area (TPSA) is 79.0 Å². The highest BCUT2D eigenvalue weighted by atomic mass is 32.1. The predicted octanol–water partition coefficient (Wildman–Crippen LogP) is 2.32. The Morgan fingerprint density at radius 2 is 1.57 bits per heavy atom. The summed E-state index contributed by atoms with van der Waals surface area (Å²) in [5, 5.41) is 6.75. The van der Waals surface area contributed by atoms with Crippen molar-refractivity contribution < 1.29 is 19.1 Å². The van der Waals surface area contributed by atoms with Crippen LogP contribution in [-0.2, 0) is 9.53 Å². The molecule has 0 aromatic carbocycles. The van der Waals surface area contributed by atoms with Gasteiger partial charge < -0.3 is 19.9 Å². The van der Waals surface area contributed by atoms with Gasteiger partial charge in [-0.15, -0.1) is 22.7 Å². The van der Waals surface area contributed by atoms with E-state index in [1.165, 1.54) is 22.7 Å². The van der Waals surface area contributed by atoms with Crippen molar-refractivity contribution in [1.29, 1.82) is 0 Å². The molecule has 30 heavy (non-hydrogen) atoms. The first-order valence-corrected chi connectivity index (χ1v) is 11.9. The van der Waals surface area contributed by atoms with Crippen molar-refractivity contribution in [3.63, 3.8) is 0 Å². The summed E-state index contributed by atoms with van der Waals surface area (Å²) in [7, 11) is 0. The molecule has 2 aliphatic rings. The number of nitrogens with zero attached hydrogens (tertiary/aromatic N) is 2. The van der Waals surface area contributed by atoms with Gasteiger partial charge in [0.1, 0.15) is 6.04 Å². The number of piperidine rings is 1. The maximum atomic E-state index is 13.3. The van der Waals surface area contributed by atoms with Crippen LogP contribution in [0.4, 0.5) is 0 Å². The fourth-order valence-corrected chi connectivity index (χ4v) is 5.29. The number of nitrogens with one attached hydrogen (secondary N) is 1. The molecule has 1 N–H and O–H groups in total. The smallest absolute Gasteiger partial charge is 0.263 e. The molecule has 1 unspecified atom stereocenters. The number of hydrogen-bond acceptors (Lipinski definition) is 6. The summed E-state index contributed by atoms with van der Waals surface area (Å²) in [6.45, 7) is 3.29. The number of carbonyl (C=O) groups excluding carboxylic acids is 3. The molecule has 9 heteroatoms. The zero-order chi connectivity index (χ0) is 20.9. The Morgan fingerprint density at radius 3 is 2.17 bits per heavy atom. The number of ether oxygens (including phenoxy) is 1. The largest absolute Gasteiger partial charge is 0.378 e. The summed E-state index contributed by atoms with van der Waals surface area (Å²) in [6.07, 6.45) is 1.37. The monoisotopic (exact) mass is 447 g/mol. The van der Waals surface area contributed by atoms with Gasteiger partial charge in [0.15, 0.2) is 0 Å². The second-order valence-corrected chi connectivity index (χ2v) is 9.37.